The number of nitrogens with two attached hydrogens (primary N) is 1. The van der Waals surface area contributed by atoms with Crippen molar-refractivity contribution in [3.8, 4) is 6.07 Å². The van der Waals surface area contributed by atoms with Crippen molar-refractivity contribution in [1.82, 2.24) is 14.9 Å². The molecular weight excluding hydrogens is 613 g/mol. The topological polar surface area (TPSA) is 82.1 Å². The highest BCUT2D eigenvalue weighted by molar-refractivity contribution is 5.63. The summed E-state index contributed by atoms with van der Waals surface area (Å²) in [6.45, 7) is 33.3. The van der Waals surface area contributed by atoms with Gasteiger partial charge in [-0.2, -0.15) is 5.26 Å². The van der Waals surface area contributed by atoms with Gasteiger partial charge in [-0.25, -0.2) is 9.97 Å². The monoisotopic (exact) mass is 691 g/mol. The Bertz CT molecular complexity index is 1280. The number of aryl methyl sites for hydroxylation is 1. The van der Waals surface area contributed by atoms with Crippen LogP contribution in [-0.4, -0.2) is 46.6 Å². The lowest BCUT2D eigenvalue weighted by molar-refractivity contribution is 0.159. The van der Waals surface area contributed by atoms with E-state index in [2.05, 4.69) is 98.1 Å². The normalized spacial score (nSPS) is 20.2. The van der Waals surface area contributed by atoms with E-state index < -0.39 is 0 Å². The zero-order valence-electron chi connectivity index (χ0n) is 35.0. The van der Waals surface area contributed by atoms with Crippen molar-refractivity contribution >= 4 is 11.5 Å². The summed E-state index contributed by atoms with van der Waals surface area (Å²) in [5.74, 6) is 3.70. The van der Waals surface area contributed by atoms with Crippen LogP contribution in [0.15, 0.2) is 12.1 Å². The SMILES string of the molecule is CC.CCC.CCC1CN(CC)C(C)(CC)C1.CCCCN(CCC)c1nc(CC)nc2c1CCC(c1c(C(C)CC)ccc(N)c1C#N)C2. The van der Waals surface area contributed by atoms with E-state index in [4.69, 9.17) is 15.7 Å². The van der Waals surface area contributed by atoms with Crippen LogP contribution >= 0.6 is 0 Å². The fraction of sp³-hybridized carbons (Fsp3) is 0.750. The van der Waals surface area contributed by atoms with Crippen molar-refractivity contribution in [3.05, 3.63) is 45.9 Å². The molecule has 0 amide bonds. The number of rotatable bonds is 13. The van der Waals surface area contributed by atoms with E-state index in [0.717, 1.165) is 74.7 Å². The molecule has 1 fully saturated rings. The van der Waals surface area contributed by atoms with Gasteiger partial charge in [0.25, 0.3) is 0 Å². The molecule has 0 saturated carbocycles. The van der Waals surface area contributed by atoms with Crippen LogP contribution in [0, 0.1) is 17.2 Å². The molecule has 0 bridgehead atoms. The summed E-state index contributed by atoms with van der Waals surface area (Å²) in [5, 5.41) is 9.98. The molecule has 4 unspecified atom stereocenters. The number of nitrogen functional groups attached to an aromatic ring is 1. The van der Waals surface area contributed by atoms with Crippen LogP contribution in [0.4, 0.5) is 11.5 Å². The Morgan fingerprint density at radius 2 is 1.70 bits per heavy atom. The van der Waals surface area contributed by atoms with Crippen molar-refractivity contribution in [2.24, 2.45) is 5.92 Å². The largest absolute Gasteiger partial charge is 0.398 e. The number of benzene rings is 1. The maximum atomic E-state index is 9.98. The second kappa shape index (κ2) is 23.8. The minimum atomic E-state index is 0.266. The van der Waals surface area contributed by atoms with Gasteiger partial charge in [0.15, 0.2) is 0 Å². The summed E-state index contributed by atoms with van der Waals surface area (Å²) in [7, 11) is 0. The first-order chi connectivity index (χ1) is 24.1. The molecule has 284 valence electrons. The minimum absolute atomic E-state index is 0.266. The Balaban J connectivity index is 0.000000609. The van der Waals surface area contributed by atoms with Crippen LogP contribution in [0.5, 0.6) is 0 Å². The van der Waals surface area contributed by atoms with Gasteiger partial charge in [0.05, 0.1) is 11.3 Å². The van der Waals surface area contributed by atoms with E-state index in [-0.39, 0.29) is 5.92 Å². The third kappa shape index (κ3) is 12.0. The molecule has 4 rings (SSSR count). The van der Waals surface area contributed by atoms with Gasteiger partial charge in [-0.05, 0) is 99.8 Å². The number of unbranched alkanes of at least 4 members (excludes halogenated alkanes) is 1. The molecule has 50 heavy (non-hydrogen) atoms. The Kier molecular flexibility index (Phi) is 21.6. The molecule has 2 N–H and O–H groups in total. The number of hydrogen-bond donors (Lipinski definition) is 1. The molecule has 1 aromatic carbocycles. The van der Waals surface area contributed by atoms with Crippen molar-refractivity contribution in [2.45, 2.75) is 184 Å². The van der Waals surface area contributed by atoms with E-state index in [9.17, 15) is 5.26 Å². The van der Waals surface area contributed by atoms with Crippen LogP contribution < -0.4 is 10.6 Å². The third-order valence-corrected chi connectivity index (χ3v) is 10.9. The maximum Gasteiger partial charge on any atom is 0.135 e. The van der Waals surface area contributed by atoms with Gasteiger partial charge in [-0.3, -0.25) is 4.90 Å². The third-order valence-electron chi connectivity index (χ3n) is 10.9. The maximum absolute atomic E-state index is 9.98. The Morgan fingerprint density at radius 1 is 1.02 bits per heavy atom. The van der Waals surface area contributed by atoms with E-state index in [1.54, 1.807) is 0 Å². The standard InChI is InChI=1S/C28H41N5.C11H23N.C3H8.C2H6/c1-6-10-16-33(15-7-2)28-22-12-11-20(17-25(22)31-26(9-4)32-28)27-21(19(5)8-3)13-14-24(30)23(27)18-29;1-5-10-8-11(4,6-2)12(7-3)9-10;1-3-2;1-2/h13-14,19-20H,6-12,15-17,30H2,1-5H3;10H,5-9H2,1-4H3;3H2,1-2H3;1-2H3. The average Bonchev–Trinajstić information content (AvgIpc) is 3.49. The molecule has 4 atom stereocenters. The molecule has 1 saturated heterocycles. The van der Waals surface area contributed by atoms with Crippen molar-refractivity contribution in [1.29, 1.82) is 5.26 Å². The van der Waals surface area contributed by atoms with Crippen LogP contribution in [0.3, 0.4) is 0 Å². The fourth-order valence-electron chi connectivity index (χ4n) is 7.62. The fourth-order valence-corrected chi connectivity index (χ4v) is 7.62. The number of nitriles is 1. The smallest absolute Gasteiger partial charge is 0.135 e. The number of nitrogens with zero attached hydrogens (tertiary/aromatic N) is 5. The minimum Gasteiger partial charge on any atom is -0.398 e. The first kappa shape index (κ1) is 45.4. The lowest BCUT2D eigenvalue weighted by Crippen LogP contribution is -2.40. The summed E-state index contributed by atoms with van der Waals surface area (Å²) in [5.41, 5.74) is 13.0. The summed E-state index contributed by atoms with van der Waals surface area (Å²) in [6, 6.07) is 6.48. The molecule has 0 spiro atoms. The van der Waals surface area contributed by atoms with E-state index in [0.29, 0.717) is 22.7 Å². The lowest BCUT2D eigenvalue weighted by atomic mass is 9.76. The summed E-state index contributed by atoms with van der Waals surface area (Å²) in [4.78, 5) is 15.2. The molecule has 6 heteroatoms. The highest BCUT2D eigenvalue weighted by atomic mass is 15.2. The highest BCUT2D eigenvalue weighted by Crippen LogP contribution is 2.42. The zero-order chi connectivity index (χ0) is 37.9. The van der Waals surface area contributed by atoms with Crippen LogP contribution in [0.25, 0.3) is 0 Å². The van der Waals surface area contributed by atoms with Gasteiger partial charge >= 0.3 is 0 Å². The molecule has 2 aliphatic rings. The van der Waals surface area contributed by atoms with Crippen molar-refractivity contribution in [3.63, 3.8) is 0 Å². The molecule has 1 aliphatic carbocycles. The number of hydrogen-bond acceptors (Lipinski definition) is 6. The van der Waals surface area contributed by atoms with Crippen LogP contribution in [0.1, 0.15) is 193 Å². The predicted octanol–water partition coefficient (Wildman–Crippen LogP) is 11.6. The van der Waals surface area contributed by atoms with Crippen molar-refractivity contribution < 1.29 is 0 Å². The van der Waals surface area contributed by atoms with Crippen LogP contribution in [-0.2, 0) is 19.3 Å². The van der Waals surface area contributed by atoms with Gasteiger partial charge in [-0.15, -0.1) is 0 Å². The van der Waals surface area contributed by atoms with E-state index in [1.165, 1.54) is 68.4 Å². The van der Waals surface area contributed by atoms with E-state index >= 15 is 0 Å². The Morgan fingerprint density at radius 3 is 2.20 bits per heavy atom. The highest BCUT2D eigenvalue weighted by Gasteiger charge is 2.38. The number of anilines is 2. The van der Waals surface area contributed by atoms with Gasteiger partial charge < -0.3 is 10.6 Å². The molecular formula is C44H78N6. The van der Waals surface area contributed by atoms with Gasteiger partial charge in [0.2, 0.25) is 0 Å². The molecule has 0 radical (unpaired) electrons. The van der Waals surface area contributed by atoms with Gasteiger partial charge in [0.1, 0.15) is 17.7 Å². The molecule has 6 nitrogen and oxygen atoms in total. The van der Waals surface area contributed by atoms with Gasteiger partial charge in [0, 0.05) is 42.8 Å². The van der Waals surface area contributed by atoms with Crippen LogP contribution in [0.2, 0.25) is 0 Å². The second-order valence-electron chi connectivity index (χ2n) is 14.6. The summed E-state index contributed by atoms with van der Waals surface area (Å²) < 4.78 is 0. The van der Waals surface area contributed by atoms with Gasteiger partial charge in [-0.1, -0.05) is 108 Å². The second-order valence-corrected chi connectivity index (χ2v) is 14.6. The molecule has 2 aromatic rings. The number of likely N-dealkylation sites (tertiary alicyclic amines) is 1. The zero-order valence-corrected chi connectivity index (χ0v) is 35.0. The average molecular weight is 691 g/mol. The first-order valence-electron chi connectivity index (χ1n) is 20.8. The number of aromatic nitrogens is 2. The summed E-state index contributed by atoms with van der Waals surface area (Å²) >= 11 is 0. The molecule has 1 aliphatic heterocycles. The Hall–Kier alpha value is -2.65. The number of fused-ring (bicyclic) bond motifs is 1. The van der Waals surface area contributed by atoms with E-state index in [1.807, 2.05) is 19.9 Å². The Labute approximate surface area is 310 Å². The molecule has 2 heterocycles. The quantitative estimate of drug-likeness (QED) is 0.211. The van der Waals surface area contributed by atoms with Crippen molar-refractivity contribution in [2.75, 3.05) is 36.8 Å². The lowest BCUT2D eigenvalue weighted by Gasteiger charge is -2.33. The molecule has 1 aromatic heterocycles. The predicted molar refractivity (Wildman–Crippen MR) is 220 cm³/mol. The first-order valence-corrected chi connectivity index (χ1v) is 20.8. The summed E-state index contributed by atoms with van der Waals surface area (Å²) in [6.07, 6.45) is 13.5.